The third kappa shape index (κ3) is 3.86. The number of nitrogens with one attached hydrogen (secondary N) is 1. The first-order valence-electron chi connectivity index (χ1n) is 11.4. The number of hydrogen-bond acceptors (Lipinski definition) is 5. The van der Waals surface area contributed by atoms with Gasteiger partial charge in [-0.25, -0.2) is 4.98 Å². The van der Waals surface area contributed by atoms with Crippen LogP contribution in [0.2, 0.25) is 0 Å². The van der Waals surface area contributed by atoms with E-state index in [-0.39, 0.29) is 5.56 Å². The number of nitrogens with zero attached hydrogens (tertiary/aromatic N) is 3. The maximum atomic E-state index is 13.5. The molecule has 1 unspecified atom stereocenters. The molecule has 0 aliphatic heterocycles. The normalized spacial score (nSPS) is 15.7. The van der Waals surface area contributed by atoms with Crippen molar-refractivity contribution in [3.63, 3.8) is 0 Å². The van der Waals surface area contributed by atoms with E-state index < -0.39 is 0 Å². The van der Waals surface area contributed by atoms with Crippen molar-refractivity contribution < 1.29 is 0 Å². The van der Waals surface area contributed by atoms with Gasteiger partial charge in [0.15, 0.2) is 0 Å². The zero-order chi connectivity index (χ0) is 22.2. The van der Waals surface area contributed by atoms with Crippen molar-refractivity contribution in [2.75, 3.05) is 0 Å². The molecule has 3 heterocycles. The Morgan fingerprint density at radius 3 is 2.82 bits per heavy atom. The van der Waals surface area contributed by atoms with Crippen LogP contribution >= 0.6 is 11.3 Å². The number of aromatic nitrogens is 3. The van der Waals surface area contributed by atoms with Gasteiger partial charge in [0.05, 0.1) is 24.0 Å². The van der Waals surface area contributed by atoms with Gasteiger partial charge in [0.2, 0.25) is 0 Å². The van der Waals surface area contributed by atoms with E-state index in [9.17, 15) is 4.79 Å². The summed E-state index contributed by atoms with van der Waals surface area (Å²) in [5, 5.41) is 6.83. The Morgan fingerprint density at radius 1 is 1.03 bits per heavy atom. The first-order chi connectivity index (χ1) is 16.3. The summed E-state index contributed by atoms with van der Waals surface area (Å²) in [5.41, 5.74) is 3.47. The van der Waals surface area contributed by atoms with Gasteiger partial charge in [-0.1, -0.05) is 48.5 Å². The lowest BCUT2D eigenvalue weighted by atomic mass is 9.93. The quantitative estimate of drug-likeness (QED) is 0.420. The molecule has 0 saturated carbocycles. The van der Waals surface area contributed by atoms with Crippen molar-refractivity contribution >= 4 is 32.3 Å². The predicted molar refractivity (Wildman–Crippen MR) is 134 cm³/mol. The van der Waals surface area contributed by atoms with Crippen LogP contribution in [-0.2, 0) is 25.9 Å². The summed E-state index contributed by atoms with van der Waals surface area (Å²) >= 11 is 1.68. The zero-order valence-corrected chi connectivity index (χ0v) is 19.0. The van der Waals surface area contributed by atoms with Gasteiger partial charge in [0.1, 0.15) is 4.83 Å². The summed E-state index contributed by atoms with van der Waals surface area (Å²) in [5.74, 6) is 0. The molecule has 3 aromatic heterocycles. The Kier molecular flexibility index (Phi) is 5.24. The van der Waals surface area contributed by atoms with Crippen molar-refractivity contribution in [3.05, 3.63) is 105 Å². The highest BCUT2D eigenvalue weighted by Crippen LogP contribution is 2.34. The van der Waals surface area contributed by atoms with E-state index in [4.69, 9.17) is 4.98 Å². The first-order valence-corrected chi connectivity index (χ1v) is 12.2. The molecule has 0 bridgehead atoms. The number of benzene rings is 2. The van der Waals surface area contributed by atoms with E-state index in [2.05, 4.69) is 40.6 Å². The minimum atomic E-state index is 0.0744. The van der Waals surface area contributed by atoms with Crippen LogP contribution in [0.4, 0.5) is 0 Å². The number of thiophene rings is 1. The molecule has 2 aromatic carbocycles. The SMILES string of the molecule is O=c1c2c3c(sc2ncn1Cc1cccc2ccccc12)CC(NCc1ccccn1)CC3. The maximum Gasteiger partial charge on any atom is 0.262 e. The molecular formula is C27H24N4OS. The summed E-state index contributed by atoms with van der Waals surface area (Å²) < 4.78 is 1.77. The van der Waals surface area contributed by atoms with Gasteiger partial charge in [-0.05, 0) is 53.3 Å². The molecule has 0 amide bonds. The van der Waals surface area contributed by atoms with E-state index in [0.29, 0.717) is 12.6 Å². The van der Waals surface area contributed by atoms with E-state index in [0.717, 1.165) is 47.3 Å². The van der Waals surface area contributed by atoms with Crippen molar-refractivity contribution in [2.24, 2.45) is 0 Å². The molecule has 1 aliphatic carbocycles. The van der Waals surface area contributed by atoms with Crippen LogP contribution in [0.1, 0.15) is 28.1 Å². The molecule has 1 atom stereocenters. The Hall–Kier alpha value is -3.35. The van der Waals surface area contributed by atoms with Crippen LogP contribution in [0.15, 0.2) is 78.0 Å². The molecule has 0 saturated heterocycles. The third-order valence-corrected chi connectivity index (χ3v) is 7.72. The molecule has 0 fully saturated rings. The van der Waals surface area contributed by atoms with Crippen molar-refractivity contribution in [1.82, 2.24) is 19.9 Å². The minimum absolute atomic E-state index is 0.0744. The third-order valence-electron chi connectivity index (χ3n) is 6.55. The number of hydrogen-bond donors (Lipinski definition) is 1. The van der Waals surface area contributed by atoms with Gasteiger partial charge < -0.3 is 5.32 Å². The second-order valence-corrected chi connectivity index (χ2v) is 9.73. The smallest absolute Gasteiger partial charge is 0.262 e. The van der Waals surface area contributed by atoms with E-state index in [1.54, 1.807) is 22.2 Å². The van der Waals surface area contributed by atoms with Crippen LogP contribution < -0.4 is 10.9 Å². The van der Waals surface area contributed by atoms with E-state index in [1.165, 1.54) is 21.2 Å². The highest BCUT2D eigenvalue weighted by atomic mass is 32.1. The summed E-state index contributed by atoms with van der Waals surface area (Å²) in [6, 6.07) is 21.0. The summed E-state index contributed by atoms with van der Waals surface area (Å²) in [6.07, 6.45) is 6.40. The molecular weight excluding hydrogens is 428 g/mol. The molecule has 6 heteroatoms. The highest BCUT2D eigenvalue weighted by Gasteiger charge is 2.25. The fourth-order valence-electron chi connectivity index (χ4n) is 4.85. The highest BCUT2D eigenvalue weighted by molar-refractivity contribution is 7.18. The zero-order valence-electron chi connectivity index (χ0n) is 18.2. The molecule has 5 aromatic rings. The van der Waals surface area contributed by atoms with Crippen molar-refractivity contribution in [3.8, 4) is 0 Å². The van der Waals surface area contributed by atoms with Gasteiger partial charge in [-0.2, -0.15) is 0 Å². The Morgan fingerprint density at radius 2 is 1.91 bits per heavy atom. The van der Waals surface area contributed by atoms with Crippen LogP contribution in [-0.4, -0.2) is 20.6 Å². The lowest BCUT2D eigenvalue weighted by molar-refractivity contribution is 0.459. The van der Waals surface area contributed by atoms with Crippen LogP contribution in [0.5, 0.6) is 0 Å². The molecule has 1 N–H and O–H groups in total. The Labute approximate surface area is 195 Å². The molecule has 6 rings (SSSR count). The topological polar surface area (TPSA) is 59.8 Å². The van der Waals surface area contributed by atoms with Crippen molar-refractivity contribution in [2.45, 2.75) is 38.4 Å². The summed E-state index contributed by atoms with van der Waals surface area (Å²) in [4.78, 5) is 24.8. The number of rotatable bonds is 5. The van der Waals surface area contributed by atoms with Crippen LogP contribution in [0, 0.1) is 0 Å². The summed E-state index contributed by atoms with van der Waals surface area (Å²) in [7, 11) is 0. The van der Waals surface area contributed by atoms with E-state index >= 15 is 0 Å². The second-order valence-electron chi connectivity index (χ2n) is 8.64. The number of pyridine rings is 1. The Balaban J connectivity index is 1.28. The fraction of sp³-hybridized carbons (Fsp3) is 0.222. The molecule has 5 nitrogen and oxygen atoms in total. The van der Waals surface area contributed by atoms with Gasteiger partial charge in [-0.3, -0.25) is 14.3 Å². The lowest BCUT2D eigenvalue weighted by Crippen LogP contribution is -2.34. The van der Waals surface area contributed by atoms with Gasteiger partial charge in [0.25, 0.3) is 5.56 Å². The lowest BCUT2D eigenvalue weighted by Gasteiger charge is -2.23. The predicted octanol–water partition coefficient (Wildman–Crippen LogP) is 4.70. The largest absolute Gasteiger partial charge is 0.308 e. The second kappa shape index (κ2) is 8.54. The fourth-order valence-corrected chi connectivity index (χ4v) is 6.11. The average molecular weight is 453 g/mol. The molecule has 164 valence electrons. The molecule has 0 spiro atoms. The van der Waals surface area contributed by atoms with Crippen molar-refractivity contribution in [1.29, 1.82) is 0 Å². The Bertz CT molecular complexity index is 1500. The van der Waals surface area contributed by atoms with Gasteiger partial charge in [-0.15, -0.1) is 11.3 Å². The number of aryl methyl sites for hydroxylation is 1. The molecule has 1 aliphatic rings. The summed E-state index contributed by atoms with van der Waals surface area (Å²) in [6.45, 7) is 1.30. The minimum Gasteiger partial charge on any atom is -0.308 e. The van der Waals surface area contributed by atoms with E-state index in [1.807, 2.05) is 36.5 Å². The average Bonchev–Trinajstić information content (AvgIpc) is 3.24. The monoisotopic (exact) mass is 452 g/mol. The van der Waals surface area contributed by atoms with Gasteiger partial charge in [0, 0.05) is 23.7 Å². The van der Waals surface area contributed by atoms with Crippen LogP contribution in [0.3, 0.4) is 0 Å². The molecule has 33 heavy (non-hydrogen) atoms. The number of fused-ring (bicyclic) bond motifs is 4. The maximum absolute atomic E-state index is 13.5. The first kappa shape index (κ1) is 20.3. The standard InChI is InChI=1S/C27H24N4OS/c32-27-25-23-12-11-20(29-15-21-9-3-4-13-28-21)14-24(23)33-26(25)30-17-31(27)16-19-8-5-7-18-6-1-2-10-22(18)19/h1-10,13,17,20,29H,11-12,14-16H2. The molecule has 0 radical (unpaired) electrons. The van der Waals surface area contributed by atoms with Crippen LogP contribution in [0.25, 0.3) is 21.0 Å². The van der Waals surface area contributed by atoms with Gasteiger partial charge >= 0.3 is 0 Å².